The van der Waals surface area contributed by atoms with Crippen molar-refractivity contribution in [2.24, 2.45) is 0 Å². The smallest absolute Gasteiger partial charge is 0.175 e. The monoisotopic (exact) mass is 255 g/mol. The topological polar surface area (TPSA) is 57.2 Å². The molecule has 0 spiro atoms. The van der Waals surface area contributed by atoms with E-state index in [4.69, 9.17) is 0 Å². The van der Waals surface area contributed by atoms with Gasteiger partial charge in [0.2, 0.25) is 0 Å². The van der Waals surface area contributed by atoms with Crippen LogP contribution in [0.2, 0.25) is 0 Å². The van der Waals surface area contributed by atoms with Crippen LogP contribution in [0.25, 0.3) is 5.65 Å². The molecule has 0 unspecified atom stereocenters. The Balaban J connectivity index is 2.19. The molecule has 0 aromatic carbocycles. The summed E-state index contributed by atoms with van der Waals surface area (Å²) in [6, 6.07) is 4.27. The van der Waals surface area contributed by atoms with Crippen molar-refractivity contribution in [1.82, 2.24) is 14.6 Å². The van der Waals surface area contributed by atoms with E-state index in [0.717, 1.165) is 30.3 Å². The number of nitriles is 1. The van der Waals surface area contributed by atoms with Gasteiger partial charge in [0.25, 0.3) is 0 Å². The number of piperidine rings is 1. The van der Waals surface area contributed by atoms with E-state index in [2.05, 4.69) is 21.1 Å². The van der Waals surface area contributed by atoms with E-state index in [0.29, 0.717) is 11.2 Å². The van der Waals surface area contributed by atoms with Crippen LogP contribution in [0.15, 0.2) is 6.07 Å². The molecular formula is C14H17N5. The van der Waals surface area contributed by atoms with Gasteiger partial charge in [-0.2, -0.15) is 5.26 Å². The molecule has 1 aliphatic heterocycles. The van der Waals surface area contributed by atoms with Crippen LogP contribution >= 0.6 is 0 Å². The second kappa shape index (κ2) is 4.54. The SMILES string of the molecule is Cc1cc(C)n2nc(N3CCCCC3)c(C#N)c2n1. The van der Waals surface area contributed by atoms with Gasteiger partial charge in [0, 0.05) is 24.5 Å². The summed E-state index contributed by atoms with van der Waals surface area (Å²) in [5, 5.41) is 14.1. The Morgan fingerprint density at radius 3 is 2.63 bits per heavy atom. The van der Waals surface area contributed by atoms with Crippen LogP contribution in [0.3, 0.4) is 0 Å². The molecule has 0 bridgehead atoms. The summed E-state index contributed by atoms with van der Waals surface area (Å²) < 4.78 is 1.79. The number of anilines is 1. The molecule has 3 rings (SSSR count). The van der Waals surface area contributed by atoms with Crippen molar-refractivity contribution in [2.75, 3.05) is 18.0 Å². The lowest BCUT2D eigenvalue weighted by atomic mass is 10.1. The number of rotatable bonds is 1. The van der Waals surface area contributed by atoms with Crippen LogP contribution < -0.4 is 4.90 Å². The molecule has 19 heavy (non-hydrogen) atoms. The van der Waals surface area contributed by atoms with Crippen LogP contribution in [0.1, 0.15) is 36.2 Å². The highest BCUT2D eigenvalue weighted by Crippen LogP contribution is 2.25. The summed E-state index contributed by atoms with van der Waals surface area (Å²) in [4.78, 5) is 6.69. The van der Waals surface area contributed by atoms with E-state index in [1.54, 1.807) is 4.52 Å². The van der Waals surface area contributed by atoms with Crippen molar-refractivity contribution in [3.8, 4) is 6.07 Å². The normalized spacial score (nSPS) is 15.7. The standard InChI is InChI=1S/C14H17N5/c1-10-8-11(2)19-13(16-10)12(9-15)14(17-19)18-6-4-3-5-7-18/h8H,3-7H2,1-2H3. The van der Waals surface area contributed by atoms with Gasteiger partial charge in [0.15, 0.2) is 11.5 Å². The highest BCUT2D eigenvalue weighted by Gasteiger charge is 2.22. The molecule has 0 amide bonds. The number of hydrogen-bond donors (Lipinski definition) is 0. The van der Waals surface area contributed by atoms with Gasteiger partial charge in [-0.3, -0.25) is 0 Å². The Labute approximate surface area is 112 Å². The quantitative estimate of drug-likeness (QED) is 0.784. The average Bonchev–Trinajstić information content (AvgIpc) is 2.78. The molecule has 2 aromatic heterocycles. The Bertz CT molecular complexity index is 659. The minimum Gasteiger partial charge on any atom is -0.354 e. The predicted molar refractivity (Wildman–Crippen MR) is 73.2 cm³/mol. The molecule has 1 saturated heterocycles. The first-order chi connectivity index (χ1) is 9.20. The van der Waals surface area contributed by atoms with Gasteiger partial charge in [0.05, 0.1) is 0 Å². The fraction of sp³-hybridized carbons (Fsp3) is 0.500. The lowest BCUT2D eigenvalue weighted by molar-refractivity contribution is 0.571. The lowest BCUT2D eigenvalue weighted by Crippen LogP contribution is -2.30. The van der Waals surface area contributed by atoms with Crippen molar-refractivity contribution >= 4 is 11.5 Å². The maximum atomic E-state index is 9.45. The molecule has 0 radical (unpaired) electrons. The van der Waals surface area contributed by atoms with Gasteiger partial charge in [-0.15, -0.1) is 5.10 Å². The Morgan fingerprint density at radius 1 is 1.21 bits per heavy atom. The summed E-state index contributed by atoms with van der Waals surface area (Å²) in [6.07, 6.45) is 3.61. The molecule has 1 fully saturated rings. The van der Waals surface area contributed by atoms with Crippen LogP contribution in [-0.2, 0) is 0 Å². The van der Waals surface area contributed by atoms with Crippen LogP contribution in [-0.4, -0.2) is 27.7 Å². The molecule has 3 heterocycles. The van der Waals surface area contributed by atoms with E-state index >= 15 is 0 Å². The zero-order valence-corrected chi connectivity index (χ0v) is 11.3. The maximum Gasteiger partial charge on any atom is 0.175 e. The van der Waals surface area contributed by atoms with Crippen LogP contribution in [0.5, 0.6) is 0 Å². The minimum atomic E-state index is 0.605. The van der Waals surface area contributed by atoms with Gasteiger partial charge < -0.3 is 4.90 Å². The van der Waals surface area contributed by atoms with Gasteiger partial charge in [-0.1, -0.05) is 0 Å². The molecule has 0 saturated carbocycles. The lowest BCUT2D eigenvalue weighted by Gasteiger charge is -2.26. The van der Waals surface area contributed by atoms with E-state index < -0.39 is 0 Å². The van der Waals surface area contributed by atoms with Crippen molar-refractivity contribution in [2.45, 2.75) is 33.1 Å². The molecule has 1 aliphatic rings. The Hall–Kier alpha value is -2.09. The highest BCUT2D eigenvalue weighted by molar-refractivity contribution is 5.69. The molecule has 5 heteroatoms. The number of aryl methyl sites for hydroxylation is 2. The molecule has 98 valence electrons. The number of aromatic nitrogens is 3. The van der Waals surface area contributed by atoms with Crippen LogP contribution in [0.4, 0.5) is 5.82 Å². The number of nitrogens with zero attached hydrogens (tertiary/aromatic N) is 5. The van der Waals surface area contributed by atoms with Gasteiger partial charge >= 0.3 is 0 Å². The molecule has 0 N–H and O–H groups in total. The van der Waals surface area contributed by atoms with Gasteiger partial charge in [-0.05, 0) is 39.2 Å². The average molecular weight is 255 g/mol. The van der Waals surface area contributed by atoms with E-state index in [1.807, 2.05) is 19.9 Å². The maximum absolute atomic E-state index is 9.45. The summed E-state index contributed by atoms with van der Waals surface area (Å²) in [5.41, 5.74) is 3.23. The minimum absolute atomic E-state index is 0.605. The van der Waals surface area contributed by atoms with Crippen molar-refractivity contribution < 1.29 is 0 Å². The van der Waals surface area contributed by atoms with Gasteiger partial charge in [0.1, 0.15) is 11.6 Å². The zero-order chi connectivity index (χ0) is 13.4. The summed E-state index contributed by atoms with van der Waals surface area (Å²) in [7, 11) is 0. The van der Waals surface area contributed by atoms with Crippen molar-refractivity contribution in [1.29, 1.82) is 5.26 Å². The van der Waals surface area contributed by atoms with Crippen molar-refractivity contribution in [3.63, 3.8) is 0 Å². The third-order valence-electron chi connectivity index (χ3n) is 3.64. The third kappa shape index (κ3) is 1.93. The van der Waals surface area contributed by atoms with Gasteiger partial charge in [-0.25, -0.2) is 9.50 Å². The fourth-order valence-electron chi connectivity index (χ4n) is 2.74. The Morgan fingerprint density at radius 2 is 1.95 bits per heavy atom. The summed E-state index contributed by atoms with van der Waals surface area (Å²) in [5.74, 6) is 0.795. The first-order valence-corrected chi connectivity index (χ1v) is 6.73. The second-order valence-corrected chi connectivity index (χ2v) is 5.13. The largest absolute Gasteiger partial charge is 0.354 e. The molecule has 2 aromatic rings. The summed E-state index contributed by atoms with van der Waals surface area (Å²) in [6.45, 7) is 5.91. The zero-order valence-electron chi connectivity index (χ0n) is 11.3. The van der Waals surface area contributed by atoms with E-state index in [-0.39, 0.29) is 0 Å². The number of fused-ring (bicyclic) bond motifs is 1. The Kier molecular flexibility index (Phi) is 2.86. The van der Waals surface area contributed by atoms with Crippen LogP contribution in [0, 0.1) is 25.2 Å². The van der Waals surface area contributed by atoms with Crippen molar-refractivity contribution in [3.05, 3.63) is 23.0 Å². The fourth-order valence-corrected chi connectivity index (χ4v) is 2.74. The highest BCUT2D eigenvalue weighted by atomic mass is 15.3. The van der Waals surface area contributed by atoms with E-state index in [1.165, 1.54) is 19.3 Å². The third-order valence-corrected chi connectivity index (χ3v) is 3.64. The number of hydrogen-bond acceptors (Lipinski definition) is 4. The second-order valence-electron chi connectivity index (χ2n) is 5.13. The van der Waals surface area contributed by atoms with E-state index in [9.17, 15) is 5.26 Å². The predicted octanol–water partition coefficient (Wildman–Crippen LogP) is 2.21. The molecule has 0 aliphatic carbocycles. The molecular weight excluding hydrogens is 238 g/mol. The first kappa shape index (κ1) is 12.0. The summed E-state index contributed by atoms with van der Waals surface area (Å²) >= 11 is 0. The molecule has 0 atom stereocenters. The first-order valence-electron chi connectivity index (χ1n) is 6.73. The molecule has 5 nitrogen and oxygen atoms in total.